The summed E-state index contributed by atoms with van der Waals surface area (Å²) in [4.78, 5) is 39.6. The zero-order valence-electron chi connectivity index (χ0n) is 10.5. The fraction of sp³-hybridized carbons (Fsp3) is 0.182. The molecular formula is C11H10N4O5S. The number of aliphatic carboxylic acids is 1. The summed E-state index contributed by atoms with van der Waals surface area (Å²) in [7, 11) is 0. The number of rotatable bonds is 6. The van der Waals surface area contributed by atoms with Crippen molar-refractivity contribution in [3.05, 3.63) is 45.3 Å². The molecule has 0 radical (unpaired) electrons. The molecule has 0 fully saturated rings. The number of nitrogens with one attached hydrogen (secondary N) is 2. The molecule has 0 aliphatic rings. The van der Waals surface area contributed by atoms with E-state index in [1.54, 1.807) is 0 Å². The van der Waals surface area contributed by atoms with E-state index in [2.05, 4.69) is 15.3 Å². The lowest BCUT2D eigenvalue weighted by molar-refractivity contribution is -0.380. The first-order chi connectivity index (χ1) is 9.97. The van der Waals surface area contributed by atoms with Gasteiger partial charge in [-0.2, -0.15) is 0 Å². The summed E-state index contributed by atoms with van der Waals surface area (Å²) >= 11 is 0.687. The monoisotopic (exact) mass is 310 g/mol. The van der Waals surface area contributed by atoms with Crippen LogP contribution in [0.15, 0.2) is 24.7 Å². The van der Waals surface area contributed by atoms with Crippen molar-refractivity contribution < 1.29 is 19.6 Å². The third kappa shape index (κ3) is 3.63. The number of hydrogen-bond donors (Lipinski definition) is 3. The molecule has 3 N–H and O–H groups in total. The quantitative estimate of drug-likeness (QED) is 0.533. The van der Waals surface area contributed by atoms with Gasteiger partial charge in [-0.05, 0) is 6.07 Å². The van der Waals surface area contributed by atoms with Gasteiger partial charge in [-0.25, -0.2) is 9.78 Å². The number of amides is 1. The van der Waals surface area contributed by atoms with Crippen LogP contribution < -0.4 is 5.32 Å². The molecule has 2 heterocycles. The normalized spacial score (nSPS) is 11.8. The summed E-state index contributed by atoms with van der Waals surface area (Å²) in [5.41, 5.74) is 0.555. The van der Waals surface area contributed by atoms with Gasteiger partial charge < -0.3 is 15.4 Å². The fourth-order valence-electron chi connectivity index (χ4n) is 1.59. The molecule has 0 spiro atoms. The Hall–Kier alpha value is -2.75. The molecule has 2 aromatic rings. The van der Waals surface area contributed by atoms with Crippen LogP contribution >= 0.6 is 11.3 Å². The lowest BCUT2D eigenvalue weighted by Gasteiger charge is -2.12. The Morgan fingerprint density at radius 3 is 2.81 bits per heavy atom. The Bertz CT molecular complexity index is 666. The molecule has 21 heavy (non-hydrogen) atoms. The Kier molecular flexibility index (Phi) is 4.28. The van der Waals surface area contributed by atoms with Crippen LogP contribution in [0.25, 0.3) is 0 Å². The van der Waals surface area contributed by atoms with Gasteiger partial charge in [0.1, 0.15) is 6.04 Å². The molecule has 9 nitrogen and oxygen atoms in total. The lowest BCUT2D eigenvalue weighted by atomic mass is 10.1. The van der Waals surface area contributed by atoms with Gasteiger partial charge in [0.2, 0.25) is 0 Å². The van der Waals surface area contributed by atoms with Crippen LogP contribution in [0.4, 0.5) is 5.00 Å². The minimum absolute atomic E-state index is 0.0363. The largest absolute Gasteiger partial charge is 0.480 e. The molecule has 0 bridgehead atoms. The van der Waals surface area contributed by atoms with Gasteiger partial charge in [0.15, 0.2) is 0 Å². The molecule has 10 heteroatoms. The van der Waals surface area contributed by atoms with E-state index in [0.717, 1.165) is 0 Å². The molecule has 0 saturated carbocycles. The van der Waals surface area contributed by atoms with Gasteiger partial charge in [0, 0.05) is 24.4 Å². The standard InChI is InChI=1S/C11H10N4O5S/c16-10(8-1-2-9(21-8)15(19)20)14-7(11(17)18)3-6-4-12-5-13-6/h1-2,4-5,7H,3H2,(H,12,13)(H,14,16)(H,17,18)/t7-/m1/s1. The third-order valence-corrected chi connectivity index (χ3v) is 3.61. The summed E-state index contributed by atoms with van der Waals surface area (Å²) in [6, 6.07) is 1.33. The highest BCUT2D eigenvalue weighted by molar-refractivity contribution is 7.17. The number of hydrogen-bond acceptors (Lipinski definition) is 6. The number of carbonyl (C=O) groups excluding carboxylic acids is 1. The van der Waals surface area contributed by atoms with Crippen LogP contribution in [0.3, 0.4) is 0 Å². The summed E-state index contributed by atoms with van der Waals surface area (Å²) in [5.74, 6) is -1.87. The number of nitrogens with zero attached hydrogens (tertiary/aromatic N) is 2. The smallest absolute Gasteiger partial charge is 0.326 e. The molecule has 1 atom stereocenters. The number of carboxylic acids is 1. The van der Waals surface area contributed by atoms with Crippen LogP contribution in [0.1, 0.15) is 15.4 Å². The minimum Gasteiger partial charge on any atom is -0.480 e. The number of imidazole rings is 1. The first-order valence-corrected chi connectivity index (χ1v) is 6.54. The number of nitro groups is 1. The molecule has 0 aliphatic carbocycles. The Labute approximate surface area is 121 Å². The summed E-state index contributed by atoms with van der Waals surface area (Å²) in [5, 5.41) is 21.8. The Morgan fingerprint density at radius 1 is 1.52 bits per heavy atom. The lowest BCUT2D eigenvalue weighted by Crippen LogP contribution is -2.42. The fourth-order valence-corrected chi connectivity index (χ4v) is 2.32. The molecule has 0 saturated heterocycles. The first-order valence-electron chi connectivity index (χ1n) is 5.72. The predicted molar refractivity (Wildman–Crippen MR) is 72.2 cm³/mol. The number of thiophene rings is 1. The summed E-state index contributed by atoms with van der Waals surface area (Å²) in [6.45, 7) is 0. The molecule has 1 amide bonds. The molecule has 0 aliphatic heterocycles. The highest BCUT2D eigenvalue weighted by Gasteiger charge is 2.23. The average Bonchev–Trinajstić information content (AvgIpc) is 3.08. The zero-order valence-corrected chi connectivity index (χ0v) is 11.3. The topological polar surface area (TPSA) is 138 Å². The van der Waals surface area contributed by atoms with Crippen molar-refractivity contribution in [2.45, 2.75) is 12.5 Å². The average molecular weight is 310 g/mol. The number of H-pyrrole nitrogens is 1. The maximum Gasteiger partial charge on any atom is 0.326 e. The van der Waals surface area contributed by atoms with Gasteiger partial charge >= 0.3 is 11.0 Å². The van der Waals surface area contributed by atoms with Gasteiger partial charge in [-0.1, -0.05) is 11.3 Å². The number of carboxylic acid groups (broad SMARTS) is 1. The second kappa shape index (κ2) is 6.13. The summed E-state index contributed by atoms with van der Waals surface area (Å²) in [6.07, 6.45) is 2.89. The van der Waals surface area contributed by atoms with E-state index < -0.39 is 22.8 Å². The maximum absolute atomic E-state index is 11.9. The van der Waals surface area contributed by atoms with Crippen LogP contribution in [-0.2, 0) is 11.2 Å². The first kappa shape index (κ1) is 14.7. The predicted octanol–water partition coefficient (Wildman–Crippen LogP) is 0.805. The van der Waals surface area contributed by atoms with Crippen molar-refractivity contribution in [2.75, 3.05) is 0 Å². The van der Waals surface area contributed by atoms with Crippen LogP contribution in [0, 0.1) is 10.1 Å². The molecule has 0 aromatic carbocycles. The Morgan fingerprint density at radius 2 is 2.29 bits per heavy atom. The van der Waals surface area contributed by atoms with Crippen molar-refractivity contribution in [1.29, 1.82) is 0 Å². The molecule has 0 unspecified atom stereocenters. The highest BCUT2D eigenvalue weighted by atomic mass is 32.1. The zero-order chi connectivity index (χ0) is 15.4. The molecule has 2 rings (SSSR count). The van der Waals surface area contributed by atoms with E-state index >= 15 is 0 Å². The van der Waals surface area contributed by atoms with Gasteiger partial charge in [-0.15, -0.1) is 0 Å². The van der Waals surface area contributed by atoms with Gasteiger partial charge in [-0.3, -0.25) is 14.9 Å². The number of carbonyl (C=O) groups is 2. The van der Waals surface area contributed by atoms with Crippen LogP contribution in [-0.4, -0.2) is 37.9 Å². The SMILES string of the molecule is O=C(N[C@H](Cc1cnc[nH]1)C(=O)O)c1ccc([N+](=O)[O-])s1. The van der Waals surface area contributed by atoms with E-state index in [-0.39, 0.29) is 16.3 Å². The van der Waals surface area contributed by atoms with E-state index in [1.807, 2.05) is 0 Å². The van der Waals surface area contributed by atoms with E-state index in [0.29, 0.717) is 17.0 Å². The van der Waals surface area contributed by atoms with E-state index in [4.69, 9.17) is 5.11 Å². The number of aromatic amines is 1. The second-order valence-electron chi connectivity index (χ2n) is 4.04. The van der Waals surface area contributed by atoms with Crippen molar-refractivity contribution >= 4 is 28.2 Å². The molecule has 2 aromatic heterocycles. The Balaban J connectivity index is 2.07. The highest BCUT2D eigenvalue weighted by Crippen LogP contribution is 2.23. The third-order valence-electron chi connectivity index (χ3n) is 2.58. The minimum atomic E-state index is -1.20. The molecule has 110 valence electrons. The van der Waals surface area contributed by atoms with Crippen molar-refractivity contribution in [3.8, 4) is 0 Å². The van der Waals surface area contributed by atoms with Crippen molar-refractivity contribution in [1.82, 2.24) is 15.3 Å². The van der Waals surface area contributed by atoms with Crippen molar-refractivity contribution in [3.63, 3.8) is 0 Å². The summed E-state index contributed by atoms with van der Waals surface area (Å²) < 4.78 is 0. The molecular weight excluding hydrogens is 300 g/mol. The van der Waals surface area contributed by atoms with E-state index in [1.165, 1.54) is 24.7 Å². The maximum atomic E-state index is 11.9. The second-order valence-corrected chi connectivity index (χ2v) is 5.10. The van der Waals surface area contributed by atoms with Gasteiger partial charge in [0.25, 0.3) is 5.91 Å². The van der Waals surface area contributed by atoms with Gasteiger partial charge in [0.05, 0.1) is 16.1 Å². The number of aromatic nitrogens is 2. The van der Waals surface area contributed by atoms with Crippen LogP contribution in [0.2, 0.25) is 0 Å². The van der Waals surface area contributed by atoms with E-state index in [9.17, 15) is 19.7 Å². The van der Waals surface area contributed by atoms with Crippen LogP contribution in [0.5, 0.6) is 0 Å². The van der Waals surface area contributed by atoms with Crippen molar-refractivity contribution in [2.24, 2.45) is 0 Å².